The average molecular weight is 428 g/mol. The van der Waals surface area contributed by atoms with Crippen molar-refractivity contribution in [1.29, 1.82) is 0 Å². The second-order valence-electron chi connectivity index (χ2n) is 6.67. The molecular formula is C22H25N3O4S. The second kappa shape index (κ2) is 11.7. The smallest absolute Gasteiger partial charge is 0.306 e. The zero-order valence-electron chi connectivity index (χ0n) is 17.0. The number of rotatable bonds is 8. The van der Waals surface area contributed by atoms with Gasteiger partial charge in [0, 0.05) is 31.1 Å². The summed E-state index contributed by atoms with van der Waals surface area (Å²) in [5.74, 6) is -0.998. The number of hydrogen-bond acceptors (Lipinski definition) is 5. The van der Waals surface area contributed by atoms with Crippen LogP contribution in [0.2, 0.25) is 0 Å². The molecule has 2 rings (SSSR count). The van der Waals surface area contributed by atoms with E-state index in [9.17, 15) is 14.4 Å². The quantitative estimate of drug-likeness (QED) is 0.442. The summed E-state index contributed by atoms with van der Waals surface area (Å²) in [5, 5.41) is 8.25. The summed E-state index contributed by atoms with van der Waals surface area (Å²) < 4.78 is 5.15. The number of ether oxygens (including phenoxy) is 1. The van der Waals surface area contributed by atoms with Gasteiger partial charge in [-0.3, -0.25) is 14.4 Å². The Morgan fingerprint density at radius 2 is 1.73 bits per heavy atom. The van der Waals surface area contributed by atoms with Crippen molar-refractivity contribution in [2.45, 2.75) is 33.1 Å². The maximum absolute atomic E-state index is 12.0. The van der Waals surface area contributed by atoms with Crippen molar-refractivity contribution in [2.24, 2.45) is 0 Å². The van der Waals surface area contributed by atoms with Crippen molar-refractivity contribution >= 4 is 46.5 Å². The van der Waals surface area contributed by atoms with Gasteiger partial charge in [0.1, 0.15) is 0 Å². The van der Waals surface area contributed by atoms with Gasteiger partial charge in [-0.1, -0.05) is 36.4 Å². The maximum atomic E-state index is 12.0. The van der Waals surface area contributed by atoms with Gasteiger partial charge >= 0.3 is 5.97 Å². The van der Waals surface area contributed by atoms with Crippen LogP contribution in [0.15, 0.2) is 48.5 Å². The van der Waals surface area contributed by atoms with Gasteiger partial charge in [-0.2, -0.15) is 0 Å². The van der Waals surface area contributed by atoms with Gasteiger partial charge in [0.25, 0.3) is 0 Å². The van der Waals surface area contributed by atoms with E-state index in [4.69, 9.17) is 17.0 Å². The van der Waals surface area contributed by atoms with Crippen LogP contribution in [-0.2, 0) is 25.5 Å². The normalized spacial score (nSPS) is 10.1. The third kappa shape index (κ3) is 8.40. The first-order chi connectivity index (χ1) is 14.3. The number of amides is 2. The summed E-state index contributed by atoms with van der Waals surface area (Å²) in [7, 11) is 0. The summed E-state index contributed by atoms with van der Waals surface area (Å²) in [4.78, 5) is 35.1. The molecule has 0 radical (unpaired) electrons. The molecular weight excluding hydrogens is 402 g/mol. The minimum Gasteiger partial charge on any atom is -0.465 e. The lowest BCUT2D eigenvalue weighted by Gasteiger charge is -2.12. The number of anilines is 2. The molecule has 0 aromatic heterocycles. The fourth-order valence-corrected chi connectivity index (χ4v) is 2.82. The van der Waals surface area contributed by atoms with Crippen molar-refractivity contribution in [3.8, 4) is 0 Å². The number of hydrogen-bond donors (Lipinski definition) is 3. The van der Waals surface area contributed by atoms with Crippen LogP contribution in [0.1, 0.15) is 30.9 Å². The van der Waals surface area contributed by atoms with Gasteiger partial charge in [-0.15, -0.1) is 0 Å². The van der Waals surface area contributed by atoms with Crippen LogP contribution in [0.3, 0.4) is 0 Å². The number of carbonyl (C=O) groups is 3. The van der Waals surface area contributed by atoms with E-state index in [2.05, 4.69) is 16.0 Å². The van der Waals surface area contributed by atoms with Crippen LogP contribution < -0.4 is 16.0 Å². The van der Waals surface area contributed by atoms with Crippen LogP contribution in [0.25, 0.3) is 0 Å². The Hall–Kier alpha value is -3.26. The zero-order chi connectivity index (χ0) is 21.9. The van der Waals surface area contributed by atoms with Crippen molar-refractivity contribution in [2.75, 3.05) is 17.2 Å². The number of nitrogens with one attached hydrogen (secondary N) is 3. The Kier molecular flexibility index (Phi) is 8.96. The van der Waals surface area contributed by atoms with Crippen LogP contribution >= 0.6 is 12.2 Å². The summed E-state index contributed by atoms with van der Waals surface area (Å²) in [5.41, 5.74) is 3.25. The molecule has 0 aliphatic heterocycles. The van der Waals surface area contributed by atoms with Crippen LogP contribution in [0.5, 0.6) is 0 Å². The summed E-state index contributed by atoms with van der Waals surface area (Å²) >= 11 is 5.13. The van der Waals surface area contributed by atoms with Crippen molar-refractivity contribution in [3.63, 3.8) is 0 Å². The fraction of sp³-hybridized carbons (Fsp3) is 0.273. The highest BCUT2D eigenvalue weighted by Gasteiger charge is 2.10. The molecule has 0 aliphatic carbocycles. The molecule has 0 bridgehead atoms. The second-order valence-corrected chi connectivity index (χ2v) is 7.08. The first-order valence-corrected chi connectivity index (χ1v) is 9.93. The van der Waals surface area contributed by atoms with Crippen molar-refractivity contribution in [1.82, 2.24) is 5.32 Å². The van der Waals surface area contributed by atoms with Gasteiger partial charge in [0.15, 0.2) is 5.11 Å². The van der Waals surface area contributed by atoms with E-state index in [1.807, 2.05) is 43.3 Å². The Bertz CT molecular complexity index is 916. The van der Waals surface area contributed by atoms with Crippen LogP contribution in [-0.4, -0.2) is 29.5 Å². The van der Waals surface area contributed by atoms with E-state index in [1.54, 1.807) is 12.1 Å². The highest BCUT2D eigenvalue weighted by molar-refractivity contribution is 7.80. The molecule has 0 spiro atoms. The molecule has 0 aliphatic rings. The number of thiocarbonyl (C=S) groups is 1. The molecule has 7 nitrogen and oxygen atoms in total. The zero-order valence-corrected chi connectivity index (χ0v) is 17.8. The van der Waals surface area contributed by atoms with Crippen LogP contribution in [0, 0.1) is 6.92 Å². The molecule has 2 aromatic carbocycles. The molecule has 0 atom stereocenters. The highest BCUT2D eigenvalue weighted by atomic mass is 32.1. The standard InChI is InChI=1S/C22H25N3O4S/c1-15-8-9-18(14-19(15)23-16(2)26)24-22(30)25-20(27)10-11-21(28)29-13-12-17-6-4-3-5-7-17/h3-9,14H,10-13H2,1-2H3,(H,23,26)(H2,24,25,27,30). The first kappa shape index (κ1) is 23.0. The van der Waals surface area contributed by atoms with Gasteiger partial charge in [0.2, 0.25) is 11.8 Å². The molecule has 0 unspecified atom stereocenters. The number of esters is 1. The minimum absolute atomic E-state index is 0.0273. The molecule has 0 saturated heterocycles. The van der Waals surface area contributed by atoms with Crippen molar-refractivity contribution < 1.29 is 19.1 Å². The third-order valence-corrected chi connectivity index (χ3v) is 4.32. The first-order valence-electron chi connectivity index (χ1n) is 9.52. The third-order valence-electron chi connectivity index (χ3n) is 4.11. The molecule has 0 fully saturated rings. The minimum atomic E-state index is -0.432. The van der Waals surface area contributed by atoms with Gasteiger partial charge in [-0.25, -0.2) is 0 Å². The highest BCUT2D eigenvalue weighted by Crippen LogP contribution is 2.20. The van der Waals surface area contributed by atoms with E-state index in [0.29, 0.717) is 17.8 Å². The molecule has 158 valence electrons. The molecule has 2 amide bonds. The van der Waals surface area contributed by atoms with E-state index < -0.39 is 5.97 Å². The Morgan fingerprint density at radius 3 is 2.43 bits per heavy atom. The monoisotopic (exact) mass is 427 g/mol. The topological polar surface area (TPSA) is 96.5 Å². The molecule has 0 saturated carbocycles. The maximum Gasteiger partial charge on any atom is 0.306 e. The largest absolute Gasteiger partial charge is 0.465 e. The lowest BCUT2D eigenvalue weighted by Crippen LogP contribution is -2.34. The van der Waals surface area contributed by atoms with Gasteiger partial charge in [0.05, 0.1) is 13.0 Å². The van der Waals surface area contributed by atoms with E-state index in [0.717, 1.165) is 11.1 Å². The predicted octanol–water partition coefficient (Wildman–Crippen LogP) is 3.33. The summed E-state index contributed by atoms with van der Waals surface area (Å²) in [6.45, 7) is 3.57. The lowest BCUT2D eigenvalue weighted by molar-refractivity contribution is -0.144. The SMILES string of the molecule is CC(=O)Nc1cc(NC(=S)NC(=O)CCC(=O)OCCc2ccccc2)ccc1C. The molecule has 8 heteroatoms. The Morgan fingerprint density at radius 1 is 1.00 bits per heavy atom. The predicted molar refractivity (Wildman–Crippen MR) is 120 cm³/mol. The Labute approximate surface area is 181 Å². The van der Waals surface area contributed by atoms with E-state index >= 15 is 0 Å². The summed E-state index contributed by atoms with van der Waals surface area (Å²) in [6, 6.07) is 15.0. The molecule has 0 heterocycles. The molecule has 30 heavy (non-hydrogen) atoms. The Balaban J connectivity index is 1.71. The number of benzene rings is 2. The van der Waals surface area contributed by atoms with Crippen LogP contribution in [0.4, 0.5) is 11.4 Å². The summed E-state index contributed by atoms with van der Waals surface area (Å²) in [6.07, 6.45) is 0.571. The molecule has 2 aromatic rings. The fourth-order valence-electron chi connectivity index (χ4n) is 2.59. The lowest BCUT2D eigenvalue weighted by atomic mass is 10.2. The molecule has 3 N–H and O–H groups in total. The van der Waals surface area contributed by atoms with E-state index in [-0.39, 0.29) is 36.4 Å². The van der Waals surface area contributed by atoms with Gasteiger partial charge < -0.3 is 20.7 Å². The van der Waals surface area contributed by atoms with E-state index in [1.165, 1.54) is 6.92 Å². The van der Waals surface area contributed by atoms with Crippen molar-refractivity contribution in [3.05, 3.63) is 59.7 Å². The van der Waals surface area contributed by atoms with Gasteiger partial charge in [-0.05, 0) is 42.4 Å². The number of aryl methyl sites for hydroxylation is 1. The average Bonchev–Trinajstić information content (AvgIpc) is 2.69. The number of carbonyl (C=O) groups excluding carboxylic acids is 3.